The number of likely N-dealkylation sites (N-methyl/N-ethyl adjacent to an activating group) is 1. The number of nitrogens with two attached hydrogens (primary N) is 1. The highest BCUT2D eigenvalue weighted by atomic mass is 15.2. The summed E-state index contributed by atoms with van der Waals surface area (Å²) in [6.45, 7) is 0. The van der Waals surface area contributed by atoms with E-state index in [1.54, 1.807) is 0 Å². The maximum Gasteiger partial charge on any atom is 0.0956 e. The smallest absolute Gasteiger partial charge is 0.0956 e. The third-order valence-corrected chi connectivity index (χ3v) is 2.27. The van der Waals surface area contributed by atoms with Crippen molar-refractivity contribution in [3.63, 3.8) is 0 Å². The average Bonchev–Trinajstić information content (AvgIpc) is 2.35. The zero-order valence-electron chi connectivity index (χ0n) is 9.80. The monoisotopic (exact) mass is 217 g/mol. The largest absolute Gasteiger partial charge is 0.388 e. The van der Waals surface area contributed by atoms with Gasteiger partial charge < -0.3 is 16.0 Å². The molecule has 2 rings (SSSR count). The van der Waals surface area contributed by atoms with Gasteiger partial charge in [-0.3, -0.25) is 0 Å². The highest BCUT2D eigenvalue weighted by Gasteiger charge is 2.00. The lowest BCUT2D eigenvalue weighted by Gasteiger charge is -2.21. The lowest BCUT2D eigenvalue weighted by atomic mass is 10.3. The second-order valence-electron chi connectivity index (χ2n) is 3.50. The zero-order valence-corrected chi connectivity index (χ0v) is 9.80. The molecule has 0 aliphatic carbocycles. The molecule has 0 spiro atoms. The third-order valence-electron chi connectivity index (χ3n) is 2.27. The van der Waals surface area contributed by atoms with E-state index in [2.05, 4.69) is 5.32 Å². The second kappa shape index (κ2) is 6.69. The van der Waals surface area contributed by atoms with Crippen molar-refractivity contribution >= 4 is 5.69 Å². The van der Waals surface area contributed by atoms with Gasteiger partial charge in [0.1, 0.15) is 0 Å². The van der Waals surface area contributed by atoms with E-state index in [0.29, 0.717) is 0 Å². The number of hydrogen-bond donors (Lipinski definition) is 2. The van der Waals surface area contributed by atoms with Gasteiger partial charge in [0.05, 0.1) is 6.17 Å². The predicted octanol–water partition coefficient (Wildman–Crippen LogP) is 2.01. The van der Waals surface area contributed by atoms with E-state index in [1.165, 1.54) is 0 Å². The summed E-state index contributed by atoms with van der Waals surface area (Å²) in [4.78, 5) is 1.94. The summed E-state index contributed by atoms with van der Waals surface area (Å²) in [6, 6.07) is 10.1. The van der Waals surface area contributed by atoms with E-state index in [-0.39, 0.29) is 6.17 Å². The van der Waals surface area contributed by atoms with Crippen LogP contribution >= 0.6 is 0 Å². The maximum absolute atomic E-state index is 5.57. The molecule has 3 N–H and O–H groups in total. The summed E-state index contributed by atoms with van der Waals surface area (Å²) in [7, 11) is 3.86. The summed E-state index contributed by atoms with van der Waals surface area (Å²) >= 11 is 0. The van der Waals surface area contributed by atoms with Gasteiger partial charge in [0.25, 0.3) is 0 Å². The van der Waals surface area contributed by atoms with Crippen molar-refractivity contribution < 1.29 is 0 Å². The van der Waals surface area contributed by atoms with Crippen LogP contribution < -0.4 is 11.1 Å². The molecule has 1 aliphatic rings. The minimum atomic E-state index is 0.0694. The molecule has 1 atom stereocenters. The fourth-order valence-corrected chi connectivity index (χ4v) is 1.20. The van der Waals surface area contributed by atoms with Crippen molar-refractivity contribution in [3.8, 4) is 0 Å². The molecule has 0 saturated carbocycles. The first-order valence-electron chi connectivity index (χ1n) is 5.29. The fourth-order valence-electron chi connectivity index (χ4n) is 1.20. The number of allylic oxidation sites excluding steroid dienone is 2. The van der Waals surface area contributed by atoms with E-state index in [0.717, 1.165) is 5.69 Å². The highest BCUT2D eigenvalue weighted by molar-refractivity contribution is 5.41. The van der Waals surface area contributed by atoms with Gasteiger partial charge in [-0.05, 0) is 24.3 Å². The van der Waals surface area contributed by atoms with Crippen LogP contribution in [0.3, 0.4) is 0 Å². The Morgan fingerprint density at radius 3 is 2.25 bits per heavy atom. The van der Waals surface area contributed by atoms with Crippen molar-refractivity contribution in [1.82, 2.24) is 4.90 Å². The molecule has 1 aromatic carbocycles. The standard InChI is InChI=1S/C7H9N.C6H10N2/c1-8-7-5-3-2-4-6-7;1-8-5-3-2-4-6(8)7/h2-6,8H,1H3;2-6H,7H2,1H3. The van der Waals surface area contributed by atoms with Crippen LogP contribution in [0, 0.1) is 0 Å². The average molecular weight is 217 g/mol. The van der Waals surface area contributed by atoms with Gasteiger partial charge in [0.2, 0.25) is 0 Å². The molecular formula is C13H19N3. The van der Waals surface area contributed by atoms with Crippen LogP contribution in [0.1, 0.15) is 0 Å². The first kappa shape index (κ1) is 12.3. The Labute approximate surface area is 97.3 Å². The summed E-state index contributed by atoms with van der Waals surface area (Å²) in [5.41, 5.74) is 6.73. The topological polar surface area (TPSA) is 41.3 Å². The van der Waals surface area contributed by atoms with Crippen LogP contribution in [0.5, 0.6) is 0 Å². The molecule has 0 saturated heterocycles. The SMILES string of the molecule is CN1C=CC=CC1N.CNc1ccccc1. The van der Waals surface area contributed by atoms with Gasteiger partial charge in [0.15, 0.2) is 0 Å². The zero-order chi connectivity index (χ0) is 11.8. The van der Waals surface area contributed by atoms with Gasteiger partial charge in [0, 0.05) is 26.0 Å². The summed E-state index contributed by atoms with van der Waals surface area (Å²) < 4.78 is 0. The van der Waals surface area contributed by atoms with Crippen LogP contribution in [-0.2, 0) is 0 Å². The molecule has 0 radical (unpaired) electrons. The van der Waals surface area contributed by atoms with E-state index >= 15 is 0 Å². The Kier molecular flexibility index (Phi) is 5.16. The summed E-state index contributed by atoms with van der Waals surface area (Å²) in [5, 5.41) is 3.03. The number of nitrogens with one attached hydrogen (secondary N) is 1. The van der Waals surface area contributed by atoms with Crippen LogP contribution in [-0.4, -0.2) is 25.2 Å². The van der Waals surface area contributed by atoms with Crippen LogP contribution in [0.4, 0.5) is 5.69 Å². The molecule has 86 valence electrons. The molecule has 0 aromatic heterocycles. The van der Waals surface area contributed by atoms with E-state index in [1.807, 2.05) is 73.8 Å². The van der Waals surface area contributed by atoms with Crippen LogP contribution in [0.25, 0.3) is 0 Å². The van der Waals surface area contributed by atoms with E-state index in [9.17, 15) is 0 Å². The fraction of sp³-hybridized carbons (Fsp3) is 0.231. The van der Waals surface area contributed by atoms with Gasteiger partial charge in [-0.15, -0.1) is 0 Å². The van der Waals surface area contributed by atoms with Gasteiger partial charge in [-0.1, -0.05) is 24.3 Å². The molecule has 1 heterocycles. The normalized spacial score (nSPS) is 17.7. The molecule has 1 unspecified atom stereocenters. The maximum atomic E-state index is 5.57. The van der Waals surface area contributed by atoms with Gasteiger partial charge >= 0.3 is 0 Å². The number of rotatable bonds is 1. The van der Waals surface area contributed by atoms with Crippen molar-refractivity contribution in [2.24, 2.45) is 5.73 Å². The first-order chi connectivity index (χ1) is 7.74. The number of anilines is 1. The van der Waals surface area contributed by atoms with E-state index in [4.69, 9.17) is 5.73 Å². The van der Waals surface area contributed by atoms with Crippen molar-refractivity contribution in [1.29, 1.82) is 0 Å². The van der Waals surface area contributed by atoms with Crippen molar-refractivity contribution in [2.75, 3.05) is 19.4 Å². The van der Waals surface area contributed by atoms with Gasteiger partial charge in [-0.25, -0.2) is 0 Å². The van der Waals surface area contributed by atoms with Crippen molar-refractivity contribution in [3.05, 3.63) is 54.8 Å². The minimum absolute atomic E-state index is 0.0694. The van der Waals surface area contributed by atoms with E-state index < -0.39 is 0 Å². The number of nitrogens with zero attached hydrogens (tertiary/aromatic N) is 1. The van der Waals surface area contributed by atoms with Crippen LogP contribution in [0.15, 0.2) is 54.8 Å². The number of hydrogen-bond acceptors (Lipinski definition) is 3. The Balaban J connectivity index is 0.000000160. The Morgan fingerprint density at radius 2 is 1.88 bits per heavy atom. The molecule has 0 bridgehead atoms. The van der Waals surface area contributed by atoms with Crippen LogP contribution in [0.2, 0.25) is 0 Å². The molecule has 1 aromatic rings. The summed E-state index contributed by atoms with van der Waals surface area (Å²) in [6.07, 6.45) is 7.87. The molecule has 0 amide bonds. The van der Waals surface area contributed by atoms with Gasteiger partial charge in [-0.2, -0.15) is 0 Å². The molecule has 0 fully saturated rings. The molecule has 3 nitrogen and oxygen atoms in total. The Morgan fingerprint density at radius 1 is 1.19 bits per heavy atom. The quantitative estimate of drug-likeness (QED) is 0.756. The molecule has 1 aliphatic heterocycles. The second-order valence-corrected chi connectivity index (χ2v) is 3.50. The molecule has 3 heteroatoms. The predicted molar refractivity (Wildman–Crippen MR) is 70.0 cm³/mol. The summed E-state index contributed by atoms with van der Waals surface area (Å²) in [5.74, 6) is 0. The molecular weight excluding hydrogens is 198 g/mol. The first-order valence-corrected chi connectivity index (χ1v) is 5.29. The number of benzene rings is 1. The minimum Gasteiger partial charge on any atom is -0.388 e. The highest BCUT2D eigenvalue weighted by Crippen LogP contribution is 2.01. The lowest BCUT2D eigenvalue weighted by molar-refractivity contribution is 0.389. The lowest BCUT2D eigenvalue weighted by Crippen LogP contribution is -2.34. The molecule has 16 heavy (non-hydrogen) atoms. The van der Waals surface area contributed by atoms with Crippen molar-refractivity contribution in [2.45, 2.75) is 6.17 Å². The third kappa shape index (κ3) is 4.19. The Bertz CT molecular complexity index is 327. The number of para-hydroxylation sites is 1. The Hall–Kier alpha value is -1.74.